The first-order valence-corrected chi connectivity index (χ1v) is 5.81. The maximum atomic E-state index is 13.4. The van der Waals surface area contributed by atoms with E-state index >= 15 is 0 Å². The molecule has 0 aliphatic rings. The number of methoxy groups -OCH3 is 1. The van der Waals surface area contributed by atoms with Gasteiger partial charge in [0.2, 0.25) is 0 Å². The average molecular weight is 254 g/mol. The van der Waals surface area contributed by atoms with Gasteiger partial charge in [-0.3, -0.25) is 4.79 Å². The molecule has 0 heterocycles. The van der Waals surface area contributed by atoms with Crippen molar-refractivity contribution in [2.75, 3.05) is 34.3 Å². The first-order chi connectivity index (χ1) is 8.54. The second-order valence-electron chi connectivity index (χ2n) is 4.26. The van der Waals surface area contributed by atoms with Crippen molar-refractivity contribution < 1.29 is 13.9 Å². The van der Waals surface area contributed by atoms with Crippen LogP contribution in [-0.4, -0.2) is 45.1 Å². The van der Waals surface area contributed by atoms with Crippen LogP contribution < -0.4 is 10.1 Å². The van der Waals surface area contributed by atoms with Crippen LogP contribution in [0.5, 0.6) is 5.75 Å². The molecule has 100 valence electrons. The predicted octanol–water partition coefficient (Wildman–Crippen LogP) is 1.52. The van der Waals surface area contributed by atoms with Gasteiger partial charge in [0.1, 0.15) is 0 Å². The molecule has 1 aromatic rings. The number of ether oxygens (including phenoxy) is 1. The predicted molar refractivity (Wildman–Crippen MR) is 68.5 cm³/mol. The maximum absolute atomic E-state index is 13.4. The molecular formula is C13H19FN2O2. The molecule has 0 aliphatic heterocycles. The van der Waals surface area contributed by atoms with Crippen molar-refractivity contribution in [3.05, 3.63) is 29.6 Å². The van der Waals surface area contributed by atoms with Crippen LogP contribution >= 0.6 is 0 Å². The number of hydrogen-bond donors (Lipinski definition) is 1. The molecular weight excluding hydrogens is 235 g/mol. The first kappa shape index (κ1) is 14.4. The van der Waals surface area contributed by atoms with E-state index in [0.29, 0.717) is 12.1 Å². The minimum Gasteiger partial charge on any atom is -0.494 e. The molecule has 1 rings (SSSR count). The van der Waals surface area contributed by atoms with Crippen LogP contribution in [0.4, 0.5) is 4.39 Å². The number of carbonyl (C=O) groups is 1. The van der Waals surface area contributed by atoms with Crippen LogP contribution in [-0.2, 0) is 0 Å². The van der Waals surface area contributed by atoms with Gasteiger partial charge >= 0.3 is 0 Å². The maximum Gasteiger partial charge on any atom is 0.251 e. The molecule has 4 nitrogen and oxygen atoms in total. The fourth-order valence-corrected chi connectivity index (χ4v) is 1.51. The number of amides is 1. The molecule has 0 saturated carbocycles. The van der Waals surface area contributed by atoms with Crippen molar-refractivity contribution in [3.8, 4) is 5.75 Å². The van der Waals surface area contributed by atoms with Crippen molar-refractivity contribution >= 4 is 5.91 Å². The summed E-state index contributed by atoms with van der Waals surface area (Å²) in [7, 11) is 5.33. The number of hydrogen-bond acceptors (Lipinski definition) is 3. The molecule has 1 aromatic carbocycles. The molecule has 0 atom stereocenters. The van der Waals surface area contributed by atoms with Gasteiger partial charge in [-0.2, -0.15) is 0 Å². The van der Waals surface area contributed by atoms with E-state index in [2.05, 4.69) is 5.32 Å². The Morgan fingerprint density at radius 2 is 2.17 bits per heavy atom. The Bertz CT molecular complexity index is 408. The third kappa shape index (κ3) is 4.33. The highest BCUT2D eigenvalue weighted by Gasteiger charge is 2.09. The molecule has 0 radical (unpaired) electrons. The van der Waals surface area contributed by atoms with E-state index in [9.17, 15) is 9.18 Å². The van der Waals surface area contributed by atoms with E-state index < -0.39 is 5.82 Å². The molecule has 0 spiro atoms. The Balaban J connectivity index is 2.49. The average Bonchev–Trinajstić information content (AvgIpc) is 2.34. The van der Waals surface area contributed by atoms with E-state index in [-0.39, 0.29) is 11.7 Å². The third-order valence-electron chi connectivity index (χ3n) is 2.48. The smallest absolute Gasteiger partial charge is 0.251 e. The number of benzene rings is 1. The summed E-state index contributed by atoms with van der Waals surface area (Å²) in [6, 6.07) is 4.17. The summed E-state index contributed by atoms with van der Waals surface area (Å²) in [6.45, 7) is 1.47. The molecule has 1 N–H and O–H groups in total. The van der Waals surface area contributed by atoms with E-state index in [1.807, 2.05) is 19.0 Å². The highest BCUT2D eigenvalue weighted by molar-refractivity contribution is 5.94. The van der Waals surface area contributed by atoms with Gasteiger partial charge in [-0.05, 0) is 45.3 Å². The number of halogens is 1. The number of rotatable bonds is 6. The van der Waals surface area contributed by atoms with E-state index in [0.717, 1.165) is 13.0 Å². The normalized spacial score (nSPS) is 10.5. The summed E-state index contributed by atoms with van der Waals surface area (Å²) >= 11 is 0. The molecule has 0 aromatic heterocycles. The van der Waals surface area contributed by atoms with Gasteiger partial charge in [-0.25, -0.2) is 4.39 Å². The molecule has 0 bridgehead atoms. The van der Waals surface area contributed by atoms with Crippen LogP contribution in [0.15, 0.2) is 18.2 Å². The fraction of sp³-hybridized carbons (Fsp3) is 0.462. The monoisotopic (exact) mass is 254 g/mol. The molecule has 1 amide bonds. The zero-order valence-electron chi connectivity index (χ0n) is 11.0. The van der Waals surface area contributed by atoms with Crippen LogP contribution in [0.25, 0.3) is 0 Å². The topological polar surface area (TPSA) is 41.6 Å². The number of nitrogens with zero attached hydrogens (tertiary/aromatic N) is 1. The van der Waals surface area contributed by atoms with Crippen molar-refractivity contribution in [2.45, 2.75) is 6.42 Å². The standard InChI is InChI=1S/C13H19FN2O2/c1-16(2)8-4-7-15-13(17)10-5-6-12(18-3)11(14)9-10/h5-6,9H,4,7-8H2,1-3H3,(H,15,17). The summed E-state index contributed by atoms with van der Waals surface area (Å²) in [5.74, 6) is -0.659. The lowest BCUT2D eigenvalue weighted by molar-refractivity contribution is 0.0952. The van der Waals surface area contributed by atoms with E-state index in [1.165, 1.54) is 19.2 Å². The molecule has 18 heavy (non-hydrogen) atoms. The summed E-state index contributed by atoms with van der Waals surface area (Å²) in [5, 5.41) is 2.75. The van der Waals surface area contributed by atoms with E-state index in [4.69, 9.17) is 4.74 Å². The molecule has 0 aliphatic carbocycles. The summed E-state index contributed by atoms with van der Waals surface area (Å²) < 4.78 is 18.2. The first-order valence-electron chi connectivity index (χ1n) is 5.81. The highest BCUT2D eigenvalue weighted by atomic mass is 19.1. The van der Waals surface area contributed by atoms with Crippen molar-refractivity contribution in [3.63, 3.8) is 0 Å². The largest absolute Gasteiger partial charge is 0.494 e. The zero-order valence-corrected chi connectivity index (χ0v) is 11.0. The molecule has 5 heteroatoms. The van der Waals surface area contributed by atoms with Gasteiger partial charge < -0.3 is 15.0 Å². The zero-order chi connectivity index (χ0) is 13.5. The van der Waals surface area contributed by atoms with Crippen LogP contribution in [0.2, 0.25) is 0 Å². The van der Waals surface area contributed by atoms with Crippen LogP contribution in [0.1, 0.15) is 16.8 Å². The van der Waals surface area contributed by atoms with Gasteiger partial charge in [0.15, 0.2) is 11.6 Å². The van der Waals surface area contributed by atoms with Crippen molar-refractivity contribution in [1.82, 2.24) is 10.2 Å². The second-order valence-corrected chi connectivity index (χ2v) is 4.26. The number of carbonyl (C=O) groups excluding carboxylic acids is 1. The summed E-state index contributed by atoms with van der Waals surface area (Å²) in [5.41, 5.74) is 0.304. The minimum atomic E-state index is -0.529. The minimum absolute atomic E-state index is 0.138. The summed E-state index contributed by atoms with van der Waals surface area (Å²) in [6.07, 6.45) is 0.859. The van der Waals surface area contributed by atoms with Crippen LogP contribution in [0, 0.1) is 5.82 Å². The van der Waals surface area contributed by atoms with Gasteiger partial charge in [0, 0.05) is 12.1 Å². The lowest BCUT2D eigenvalue weighted by Crippen LogP contribution is -2.27. The Labute approximate surface area is 107 Å². The summed E-state index contributed by atoms with van der Waals surface area (Å²) in [4.78, 5) is 13.7. The number of nitrogens with one attached hydrogen (secondary N) is 1. The molecule has 0 saturated heterocycles. The van der Waals surface area contributed by atoms with Gasteiger partial charge in [0.05, 0.1) is 7.11 Å². The molecule has 0 unspecified atom stereocenters. The molecule has 0 fully saturated rings. The Hall–Kier alpha value is -1.62. The van der Waals surface area contributed by atoms with Crippen LogP contribution in [0.3, 0.4) is 0 Å². The van der Waals surface area contributed by atoms with Gasteiger partial charge in [-0.1, -0.05) is 0 Å². The lowest BCUT2D eigenvalue weighted by atomic mass is 10.2. The Kier molecular flexibility index (Phi) is 5.58. The quantitative estimate of drug-likeness (QED) is 0.782. The second kappa shape index (κ2) is 6.96. The van der Waals surface area contributed by atoms with Gasteiger partial charge in [0.25, 0.3) is 5.91 Å². The van der Waals surface area contributed by atoms with Gasteiger partial charge in [-0.15, -0.1) is 0 Å². The highest BCUT2D eigenvalue weighted by Crippen LogP contribution is 2.17. The SMILES string of the molecule is COc1ccc(C(=O)NCCCN(C)C)cc1F. The Morgan fingerprint density at radius 3 is 2.72 bits per heavy atom. The van der Waals surface area contributed by atoms with Crippen molar-refractivity contribution in [2.24, 2.45) is 0 Å². The lowest BCUT2D eigenvalue weighted by Gasteiger charge is -2.10. The fourth-order valence-electron chi connectivity index (χ4n) is 1.51. The van der Waals surface area contributed by atoms with E-state index in [1.54, 1.807) is 6.07 Å². The Morgan fingerprint density at radius 1 is 1.44 bits per heavy atom. The van der Waals surface area contributed by atoms with Crippen molar-refractivity contribution in [1.29, 1.82) is 0 Å². The third-order valence-corrected chi connectivity index (χ3v) is 2.48.